The summed E-state index contributed by atoms with van der Waals surface area (Å²) < 4.78 is 0. The molecule has 1 heteroatoms. The Balaban J connectivity index is 2.91. The zero-order valence-electron chi connectivity index (χ0n) is 13.7. The summed E-state index contributed by atoms with van der Waals surface area (Å²) in [6, 6.07) is 0.150. The van der Waals surface area contributed by atoms with Gasteiger partial charge in [0, 0.05) is 6.04 Å². The normalized spacial score (nSPS) is 12.8. The van der Waals surface area contributed by atoms with E-state index in [9.17, 15) is 0 Å². The molecule has 0 aliphatic rings. The highest BCUT2D eigenvalue weighted by Gasteiger charge is 1.96. The number of hydrogen-bond donors (Lipinski definition) is 0. The summed E-state index contributed by atoms with van der Waals surface area (Å²) in [6.45, 7) is 4.29. The van der Waals surface area contributed by atoms with Gasteiger partial charge in [-0.1, -0.05) is 96.8 Å². The summed E-state index contributed by atoms with van der Waals surface area (Å²) in [6.07, 6.45) is 21.0. The van der Waals surface area contributed by atoms with Gasteiger partial charge in [-0.05, 0) is 13.3 Å². The first-order valence-corrected chi connectivity index (χ1v) is 8.98. The lowest BCUT2D eigenvalue weighted by Gasteiger charge is -2.04. The highest BCUT2D eigenvalue weighted by atomic mass is 14.6. The van der Waals surface area contributed by atoms with E-state index in [-0.39, 0.29) is 6.04 Å². The Morgan fingerprint density at radius 1 is 0.579 bits per heavy atom. The predicted octanol–water partition coefficient (Wildman–Crippen LogP) is 6.53. The molecule has 1 radical (unpaired) electrons. The third-order valence-electron chi connectivity index (χ3n) is 3.99. The number of unbranched alkanes of at least 4 members (excludes halogenated alkanes) is 13. The Labute approximate surface area is 122 Å². The summed E-state index contributed by atoms with van der Waals surface area (Å²) in [5, 5.41) is 0. The van der Waals surface area contributed by atoms with Crippen LogP contribution in [-0.4, -0.2) is 6.04 Å². The summed E-state index contributed by atoms with van der Waals surface area (Å²) in [7, 11) is 0. The van der Waals surface area contributed by atoms with Crippen molar-refractivity contribution in [3.05, 3.63) is 0 Å². The molecule has 0 rings (SSSR count). The van der Waals surface area contributed by atoms with E-state index in [0.29, 0.717) is 0 Å². The van der Waals surface area contributed by atoms with E-state index in [1.165, 1.54) is 89.9 Å². The Morgan fingerprint density at radius 2 is 0.895 bits per heavy atom. The van der Waals surface area contributed by atoms with Gasteiger partial charge >= 0.3 is 0 Å². The lowest BCUT2D eigenvalue weighted by atomic mass is 10.0. The predicted molar refractivity (Wildman–Crippen MR) is 87.5 cm³/mol. The third kappa shape index (κ3) is 18.0. The number of rotatable bonds is 15. The second kappa shape index (κ2) is 16.0. The molecule has 19 heavy (non-hydrogen) atoms. The van der Waals surface area contributed by atoms with Gasteiger partial charge in [0.25, 0.3) is 0 Å². The van der Waals surface area contributed by atoms with Crippen molar-refractivity contribution in [2.75, 3.05) is 0 Å². The topological polar surface area (TPSA) is 23.8 Å². The van der Waals surface area contributed by atoms with Crippen molar-refractivity contribution >= 4 is 0 Å². The van der Waals surface area contributed by atoms with Crippen LogP contribution in [0.15, 0.2) is 0 Å². The Hall–Kier alpha value is -0.0400. The SMILES string of the molecule is CCCCCCCCCCCCCCCCC(C)[NH]. The smallest absolute Gasteiger partial charge is 0.0184 e. The molecule has 1 nitrogen and oxygen atoms in total. The standard InChI is InChI=1S/C18H38N/c1-3-4-5-6-7-8-9-10-11-12-13-14-15-16-17-18(2)19/h18-19H,3-17H2,1-2H3. The van der Waals surface area contributed by atoms with Gasteiger partial charge in [0.05, 0.1) is 0 Å². The monoisotopic (exact) mass is 268 g/mol. The van der Waals surface area contributed by atoms with E-state index in [1.807, 2.05) is 6.92 Å². The van der Waals surface area contributed by atoms with Gasteiger partial charge in [-0.25, -0.2) is 0 Å². The van der Waals surface area contributed by atoms with Crippen molar-refractivity contribution < 1.29 is 0 Å². The summed E-state index contributed by atoms with van der Waals surface area (Å²) >= 11 is 0. The van der Waals surface area contributed by atoms with E-state index >= 15 is 0 Å². The maximum absolute atomic E-state index is 7.44. The lowest BCUT2D eigenvalue weighted by Crippen LogP contribution is -2.01. The highest BCUT2D eigenvalue weighted by Crippen LogP contribution is 2.13. The van der Waals surface area contributed by atoms with Crippen LogP contribution in [-0.2, 0) is 0 Å². The van der Waals surface area contributed by atoms with Crippen LogP contribution in [0.1, 0.15) is 110 Å². The summed E-state index contributed by atoms with van der Waals surface area (Å²) in [5.41, 5.74) is 7.44. The summed E-state index contributed by atoms with van der Waals surface area (Å²) in [4.78, 5) is 0. The van der Waals surface area contributed by atoms with Crippen LogP contribution in [0.5, 0.6) is 0 Å². The van der Waals surface area contributed by atoms with E-state index in [1.54, 1.807) is 0 Å². The van der Waals surface area contributed by atoms with Crippen LogP contribution >= 0.6 is 0 Å². The first kappa shape index (κ1) is 19.0. The van der Waals surface area contributed by atoms with Gasteiger partial charge in [-0.3, -0.25) is 5.73 Å². The molecule has 0 fully saturated rings. The van der Waals surface area contributed by atoms with E-state index in [2.05, 4.69) is 6.92 Å². The van der Waals surface area contributed by atoms with Crippen molar-refractivity contribution in [1.82, 2.24) is 5.73 Å². The average molecular weight is 269 g/mol. The maximum Gasteiger partial charge on any atom is 0.0184 e. The first-order chi connectivity index (χ1) is 9.27. The van der Waals surface area contributed by atoms with Crippen LogP contribution in [0.2, 0.25) is 0 Å². The van der Waals surface area contributed by atoms with E-state index in [4.69, 9.17) is 5.73 Å². The first-order valence-electron chi connectivity index (χ1n) is 8.98. The highest BCUT2D eigenvalue weighted by molar-refractivity contribution is 4.53. The minimum Gasteiger partial charge on any atom is -0.255 e. The lowest BCUT2D eigenvalue weighted by molar-refractivity contribution is 0.521. The average Bonchev–Trinajstić information content (AvgIpc) is 2.39. The molecule has 0 bridgehead atoms. The Bertz CT molecular complexity index is 154. The molecule has 0 aliphatic heterocycles. The molecule has 0 aromatic rings. The Morgan fingerprint density at radius 3 is 1.21 bits per heavy atom. The molecule has 0 amide bonds. The molecule has 1 unspecified atom stereocenters. The van der Waals surface area contributed by atoms with Crippen LogP contribution in [0.3, 0.4) is 0 Å². The van der Waals surface area contributed by atoms with Crippen molar-refractivity contribution in [1.29, 1.82) is 0 Å². The van der Waals surface area contributed by atoms with Crippen LogP contribution in [0.25, 0.3) is 0 Å². The van der Waals surface area contributed by atoms with Gasteiger partial charge < -0.3 is 0 Å². The van der Waals surface area contributed by atoms with Gasteiger partial charge in [0.15, 0.2) is 0 Å². The van der Waals surface area contributed by atoms with Gasteiger partial charge in [-0.2, -0.15) is 0 Å². The van der Waals surface area contributed by atoms with Gasteiger partial charge in [0.1, 0.15) is 0 Å². The molecule has 0 aliphatic carbocycles. The fourth-order valence-electron chi connectivity index (χ4n) is 2.65. The van der Waals surface area contributed by atoms with Crippen LogP contribution in [0, 0.1) is 0 Å². The molecule has 115 valence electrons. The largest absolute Gasteiger partial charge is 0.255 e. The quantitative estimate of drug-likeness (QED) is 0.301. The molecular formula is C18H38N. The molecule has 0 saturated heterocycles. The number of hydrogen-bond acceptors (Lipinski definition) is 0. The van der Waals surface area contributed by atoms with Crippen LogP contribution in [0.4, 0.5) is 0 Å². The molecule has 0 aromatic heterocycles. The second-order valence-corrected chi connectivity index (χ2v) is 6.29. The minimum atomic E-state index is 0.150. The molecule has 1 atom stereocenters. The van der Waals surface area contributed by atoms with Gasteiger partial charge in [0.2, 0.25) is 0 Å². The molecule has 1 N–H and O–H groups in total. The van der Waals surface area contributed by atoms with E-state index in [0.717, 1.165) is 6.42 Å². The minimum absolute atomic E-state index is 0.150. The van der Waals surface area contributed by atoms with Crippen LogP contribution < -0.4 is 5.73 Å². The molecular weight excluding hydrogens is 230 g/mol. The van der Waals surface area contributed by atoms with Crippen molar-refractivity contribution in [3.8, 4) is 0 Å². The molecule has 0 aromatic carbocycles. The van der Waals surface area contributed by atoms with Crippen molar-refractivity contribution in [2.24, 2.45) is 0 Å². The third-order valence-corrected chi connectivity index (χ3v) is 3.99. The second-order valence-electron chi connectivity index (χ2n) is 6.29. The number of nitrogens with one attached hydrogen (secondary N) is 1. The molecule has 0 spiro atoms. The molecule has 0 heterocycles. The zero-order chi connectivity index (χ0) is 14.2. The van der Waals surface area contributed by atoms with Crippen molar-refractivity contribution in [2.45, 2.75) is 116 Å². The summed E-state index contributed by atoms with van der Waals surface area (Å²) in [5.74, 6) is 0. The molecule has 0 saturated carbocycles. The van der Waals surface area contributed by atoms with Crippen molar-refractivity contribution in [3.63, 3.8) is 0 Å². The fourth-order valence-corrected chi connectivity index (χ4v) is 2.65. The van der Waals surface area contributed by atoms with Gasteiger partial charge in [-0.15, -0.1) is 0 Å². The Kier molecular flexibility index (Phi) is 16.0. The fraction of sp³-hybridized carbons (Fsp3) is 1.00. The van der Waals surface area contributed by atoms with E-state index < -0.39 is 0 Å². The maximum atomic E-state index is 7.44. The zero-order valence-corrected chi connectivity index (χ0v) is 13.7.